The van der Waals surface area contributed by atoms with Gasteiger partial charge in [0.25, 0.3) is 0 Å². The van der Waals surface area contributed by atoms with E-state index < -0.39 is 0 Å². The van der Waals surface area contributed by atoms with Gasteiger partial charge in [-0.2, -0.15) is 0 Å². The van der Waals surface area contributed by atoms with E-state index in [9.17, 15) is 0 Å². The van der Waals surface area contributed by atoms with Crippen LogP contribution >= 0.6 is 34.8 Å². The first kappa shape index (κ1) is 10.6. The molecule has 0 aromatic rings. The average molecular weight is 250 g/mol. The van der Waals surface area contributed by atoms with Crippen LogP contribution in [0.15, 0.2) is 0 Å². The van der Waals surface area contributed by atoms with Crippen molar-refractivity contribution in [3.05, 3.63) is 0 Å². The predicted octanol–water partition coefficient (Wildman–Crippen LogP) is 2.45. The molecule has 0 saturated heterocycles. The van der Waals surface area contributed by atoms with Gasteiger partial charge in [-0.1, -0.05) is 0 Å². The van der Waals surface area contributed by atoms with Gasteiger partial charge in [0.2, 0.25) is 0 Å². The molecule has 0 radical (unpaired) electrons. The zero-order valence-electron chi connectivity index (χ0n) is 5.77. The van der Waals surface area contributed by atoms with Crippen molar-refractivity contribution >= 4 is 34.8 Å². The van der Waals surface area contributed by atoms with Crippen LogP contribution in [-0.2, 0) is 24.1 Å². The molecule has 0 aromatic carbocycles. The van der Waals surface area contributed by atoms with Crippen LogP contribution in [-0.4, -0.2) is 22.2 Å². The Morgan fingerprint density at radius 3 is 2.27 bits per heavy atom. The normalized spacial score (nSPS) is 45.6. The summed E-state index contributed by atoms with van der Waals surface area (Å²) in [5.74, 6) is 0. The van der Waals surface area contributed by atoms with Crippen molar-refractivity contribution in [2.45, 2.75) is 35.1 Å². The molecule has 11 heavy (non-hydrogen) atoms. The SMILES string of the molecule is ClC1CCC([O][Ti])C(Cl)C1Cl. The molecule has 0 spiro atoms. The molecule has 1 aliphatic rings. The van der Waals surface area contributed by atoms with E-state index in [-0.39, 0.29) is 22.2 Å². The van der Waals surface area contributed by atoms with Gasteiger partial charge in [0.1, 0.15) is 0 Å². The van der Waals surface area contributed by atoms with Crippen LogP contribution in [0, 0.1) is 0 Å². The van der Waals surface area contributed by atoms with Gasteiger partial charge in [-0.25, -0.2) is 0 Å². The first-order chi connectivity index (χ1) is 5.16. The molecule has 1 saturated carbocycles. The van der Waals surface area contributed by atoms with E-state index in [1.807, 2.05) is 0 Å². The molecule has 5 heteroatoms. The average Bonchev–Trinajstić information content (AvgIpc) is 2.01. The molecule has 4 unspecified atom stereocenters. The molecule has 1 rings (SSSR count). The third kappa shape index (κ3) is 2.49. The summed E-state index contributed by atoms with van der Waals surface area (Å²) < 4.78 is 5.15. The van der Waals surface area contributed by atoms with Gasteiger partial charge in [0.05, 0.1) is 0 Å². The van der Waals surface area contributed by atoms with Gasteiger partial charge < -0.3 is 0 Å². The van der Waals surface area contributed by atoms with E-state index in [1.54, 1.807) is 20.8 Å². The van der Waals surface area contributed by atoms with Crippen LogP contribution in [0.4, 0.5) is 0 Å². The van der Waals surface area contributed by atoms with Crippen LogP contribution in [0.25, 0.3) is 0 Å². The Kier molecular flexibility index (Phi) is 4.53. The van der Waals surface area contributed by atoms with Crippen LogP contribution in [0.5, 0.6) is 0 Å². The van der Waals surface area contributed by atoms with Gasteiger partial charge in [0.15, 0.2) is 0 Å². The van der Waals surface area contributed by atoms with Crippen LogP contribution in [0.2, 0.25) is 0 Å². The van der Waals surface area contributed by atoms with Crippen molar-refractivity contribution in [1.29, 1.82) is 0 Å². The number of hydrogen-bond acceptors (Lipinski definition) is 1. The molecule has 0 aromatic heterocycles. The predicted molar refractivity (Wildman–Crippen MR) is 43.0 cm³/mol. The fraction of sp³-hybridized carbons (Fsp3) is 1.00. The van der Waals surface area contributed by atoms with E-state index in [2.05, 4.69) is 0 Å². The Bertz CT molecular complexity index is 133. The van der Waals surface area contributed by atoms with Crippen molar-refractivity contribution in [1.82, 2.24) is 0 Å². The van der Waals surface area contributed by atoms with Crippen molar-refractivity contribution in [2.75, 3.05) is 0 Å². The van der Waals surface area contributed by atoms with Crippen LogP contribution in [0.3, 0.4) is 0 Å². The molecule has 4 atom stereocenters. The second-order valence-corrected chi connectivity index (χ2v) is 4.58. The molecule has 0 N–H and O–H groups in total. The third-order valence-electron chi connectivity index (χ3n) is 1.88. The van der Waals surface area contributed by atoms with E-state index in [0.717, 1.165) is 12.8 Å². The van der Waals surface area contributed by atoms with E-state index in [1.165, 1.54) is 0 Å². The fourth-order valence-corrected chi connectivity index (χ4v) is 2.72. The standard InChI is InChI=1S/C6H8Cl3O.Ti/c7-3-1-2-4(10)6(9)5(3)8;/h3-6H,1-2H2;/q-1;+1. The summed E-state index contributed by atoms with van der Waals surface area (Å²) in [6.07, 6.45) is 1.86. The molecule has 1 fully saturated rings. The summed E-state index contributed by atoms with van der Waals surface area (Å²) in [6.45, 7) is 0. The third-order valence-corrected chi connectivity index (χ3v) is 4.23. The molecule has 0 bridgehead atoms. The maximum absolute atomic E-state index is 5.99. The van der Waals surface area contributed by atoms with Crippen molar-refractivity contribution in [2.24, 2.45) is 0 Å². The Hall–Kier alpha value is 1.54. The molecule has 0 aliphatic heterocycles. The molecule has 63 valence electrons. The second-order valence-electron chi connectivity index (χ2n) is 2.64. The summed E-state index contributed by atoms with van der Waals surface area (Å²) in [6, 6.07) is 0. The van der Waals surface area contributed by atoms with E-state index in [4.69, 9.17) is 38.1 Å². The maximum atomic E-state index is 5.99. The van der Waals surface area contributed by atoms with Gasteiger partial charge in [-0.3, -0.25) is 0 Å². The van der Waals surface area contributed by atoms with Gasteiger partial charge in [-0.05, 0) is 0 Å². The summed E-state index contributed by atoms with van der Waals surface area (Å²) in [4.78, 5) is 0. The molecular formula is C6H8Cl3OTi. The Morgan fingerprint density at radius 1 is 1.09 bits per heavy atom. The summed E-state index contributed by atoms with van der Waals surface area (Å²) in [7, 11) is 0. The Balaban J connectivity index is 2.52. The second kappa shape index (κ2) is 4.69. The van der Waals surface area contributed by atoms with Gasteiger partial charge in [0, 0.05) is 0 Å². The first-order valence-corrected chi connectivity index (χ1v) is 5.36. The topological polar surface area (TPSA) is 9.23 Å². The summed E-state index contributed by atoms with van der Waals surface area (Å²) in [5, 5.41) is -0.333. The first-order valence-electron chi connectivity index (χ1n) is 3.41. The number of hydrogen-bond donors (Lipinski definition) is 0. The fourth-order valence-electron chi connectivity index (χ4n) is 1.17. The van der Waals surface area contributed by atoms with Crippen LogP contribution in [0.1, 0.15) is 12.8 Å². The van der Waals surface area contributed by atoms with Crippen molar-refractivity contribution in [3.63, 3.8) is 0 Å². The molecule has 0 amide bonds. The Labute approximate surface area is 93.6 Å². The molecule has 1 aliphatic carbocycles. The minimum atomic E-state index is -0.169. The van der Waals surface area contributed by atoms with Gasteiger partial charge >= 0.3 is 94.0 Å². The molecular weight excluding hydrogens is 242 g/mol. The number of alkyl halides is 3. The zero-order chi connectivity index (χ0) is 8.43. The van der Waals surface area contributed by atoms with Crippen LogP contribution < -0.4 is 0 Å². The zero-order valence-corrected chi connectivity index (χ0v) is 9.60. The number of halogens is 3. The molecule has 1 nitrogen and oxygen atoms in total. The molecule has 0 heterocycles. The van der Waals surface area contributed by atoms with E-state index >= 15 is 0 Å². The van der Waals surface area contributed by atoms with E-state index in [0.29, 0.717) is 0 Å². The monoisotopic (exact) mass is 249 g/mol. The van der Waals surface area contributed by atoms with Gasteiger partial charge in [-0.15, -0.1) is 0 Å². The summed E-state index contributed by atoms with van der Waals surface area (Å²) >= 11 is 19.5. The summed E-state index contributed by atoms with van der Waals surface area (Å²) in [5.41, 5.74) is 0. The van der Waals surface area contributed by atoms with Crippen molar-refractivity contribution in [3.8, 4) is 0 Å². The quantitative estimate of drug-likeness (QED) is 0.513. The minimum absolute atomic E-state index is 0.00873. The van der Waals surface area contributed by atoms with Crippen molar-refractivity contribution < 1.29 is 24.1 Å². The Morgan fingerprint density at radius 2 is 1.73 bits per heavy atom. The number of rotatable bonds is 1.